The first-order chi connectivity index (χ1) is 11.3. The zero-order valence-electron chi connectivity index (χ0n) is 12.3. The second-order valence-electron chi connectivity index (χ2n) is 5.59. The van der Waals surface area contributed by atoms with Crippen LogP contribution < -0.4 is 5.32 Å². The quantitative estimate of drug-likeness (QED) is 0.783. The number of hydrogen-bond donors (Lipinski definition) is 1. The van der Waals surface area contributed by atoms with Crippen LogP contribution in [0.25, 0.3) is 0 Å². The first-order valence-corrected chi connectivity index (χ1v) is 8.37. The van der Waals surface area contributed by atoms with Gasteiger partial charge in [0, 0.05) is 11.3 Å². The van der Waals surface area contributed by atoms with Crippen molar-refractivity contribution in [1.29, 1.82) is 0 Å². The molecule has 23 heavy (non-hydrogen) atoms. The minimum Gasteiger partial charge on any atom is -0.296 e. The van der Waals surface area contributed by atoms with E-state index in [1.165, 1.54) is 24.2 Å². The molecule has 6 nitrogen and oxygen atoms in total. The molecule has 3 aromatic rings. The van der Waals surface area contributed by atoms with Crippen LogP contribution in [0.4, 0.5) is 5.13 Å². The molecule has 0 spiro atoms. The highest BCUT2D eigenvalue weighted by Gasteiger charge is 2.26. The molecule has 2 aromatic heterocycles. The van der Waals surface area contributed by atoms with E-state index in [2.05, 4.69) is 20.6 Å². The predicted molar refractivity (Wildman–Crippen MR) is 87.6 cm³/mol. The molecule has 1 aromatic carbocycles. The van der Waals surface area contributed by atoms with E-state index < -0.39 is 0 Å². The Labute approximate surface area is 137 Å². The second kappa shape index (κ2) is 5.92. The number of thiazole rings is 1. The van der Waals surface area contributed by atoms with E-state index in [-0.39, 0.29) is 5.91 Å². The first kappa shape index (κ1) is 14.1. The van der Waals surface area contributed by atoms with E-state index in [0.29, 0.717) is 23.3 Å². The maximum absolute atomic E-state index is 12.2. The first-order valence-electron chi connectivity index (χ1n) is 7.49. The van der Waals surface area contributed by atoms with Gasteiger partial charge in [0.25, 0.3) is 5.91 Å². The molecule has 1 aliphatic carbocycles. The fourth-order valence-electron chi connectivity index (χ4n) is 2.32. The summed E-state index contributed by atoms with van der Waals surface area (Å²) in [5.41, 5.74) is 2.49. The maximum Gasteiger partial charge on any atom is 0.279 e. The van der Waals surface area contributed by atoms with Crippen LogP contribution in [0.3, 0.4) is 0 Å². The number of benzene rings is 1. The molecule has 116 valence electrons. The number of carbonyl (C=O) groups excluding carboxylic acids is 1. The van der Waals surface area contributed by atoms with E-state index in [1.807, 2.05) is 35.7 Å². The molecule has 0 atom stereocenters. The summed E-state index contributed by atoms with van der Waals surface area (Å²) in [5.74, 6) is 0.310. The Morgan fingerprint density at radius 3 is 2.91 bits per heavy atom. The lowest BCUT2D eigenvalue weighted by Gasteiger charge is -1.99. The van der Waals surface area contributed by atoms with Crippen molar-refractivity contribution in [1.82, 2.24) is 20.0 Å². The van der Waals surface area contributed by atoms with Crippen molar-refractivity contribution in [2.45, 2.75) is 25.3 Å². The fourth-order valence-corrected chi connectivity index (χ4v) is 3.11. The molecular weight excluding hydrogens is 310 g/mol. The summed E-state index contributed by atoms with van der Waals surface area (Å²) in [4.78, 5) is 16.7. The third kappa shape index (κ3) is 3.29. The lowest BCUT2D eigenvalue weighted by Crippen LogP contribution is -2.12. The Morgan fingerprint density at radius 2 is 2.13 bits per heavy atom. The number of carbonyl (C=O) groups is 1. The molecule has 7 heteroatoms. The van der Waals surface area contributed by atoms with Gasteiger partial charge in [0.05, 0.1) is 18.4 Å². The molecule has 1 fully saturated rings. The molecular formula is C16H15N5OS. The van der Waals surface area contributed by atoms with Gasteiger partial charge in [-0.1, -0.05) is 35.5 Å². The van der Waals surface area contributed by atoms with Gasteiger partial charge in [0.15, 0.2) is 10.8 Å². The Kier molecular flexibility index (Phi) is 3.63. The third-order valence-electron chi connectivity index (χ3n) is 3.70. The largest absolute Gasteiger partial charge is 0.296 e. The molecule has 0 saturated heterocycles. The number of nitrogens with one attached hydrogen (secondary N) is 1. The van der Waals surface area contributed by atoms with Crippen molar-refractivity contribution in [3.05, 3.63) is 58.9 Å². The molecule has 1 saturated carbocycles. The highest BCUT2D eigenvalue weighted by atomic mass is 32.1. The molecule has 4 rings (SSSR count). The summed E-state index contributed by atoms with van der Waals surface area (Å²) in [5, 5.41) is 13.4. The van der Waals surface area contributed by atoms with Gasteiger partial charge in [-0.2, -0.15) is 0 Å². The van der Waals surface area contributed by atoms with Gasteiger partial charge in [0.1, 0.15) is 0 Å². The summed E-state index contributed by atoms with van der Waals surface area (Å²) in [7, 11) is 0. The lowest BCUT2D eigenvalue weighted by molar-refractivity contribution is 0.102. The van der Waals surface area contributed by atoms with Gasteiger partial charge in [-0.05, 0) is 18.4 Å². The highest BCUT2D eigenvalue weighted by Crippen LogP contribution is 2.40. The van der Waals surface area contributed by atoms with Crippen molar-refractivity contribution in [2.24, 2.45) is 0 Å². The van der Waals surface area contributed by atoms with E-state index in [9.17, 15) is 4.79 Å². The number of hydrogen-bond acceptors (Lipinski definition) is 5. The lowest BCUT2D eigenvalue weighted by atomic mass is 10.2. The Morgan fingerprint density at radius 1 is 1.30 bits per heavy atom. The number of nitrogens with zero attached hydrogens (tertiary/aromatic N) is 4. The average molecular weight is 325 g/mol. The zero-order valence-corrected chi connectivity index (χ0v) is 13.2. The standard InChI is InChI=1S/C16H15N5OS/c22-15(18-16-17-14(10-23-16)12-6-7-12)13-9-21(20-19-13)8-11-4-2-1-3-5-11/h1-5,9-10,12H,6-8H2,(H,17,18,22). The number of anilines is 1. The van der Waals surface area contributed by atoms with Crippen LogP contribution in [0.5, 0.6) is 0 Å². The minimum absolute atomic E-state index is 0.277. The highest BCUT2D eigenvalue weighted by molar-refractivity contribution is 7.14. The molecule has 1 amide bonds. The fraction of sp³-hybridized carbons (Fsp3) is 0.250. The van der Waals surface area contributed by atoms with Gasteiger partial charge in [-0.3, -0.25) is 10.1 Å². The second-order valence-corrected chi connectivity index (χ2v) is 6.45. The SMILES string of the molecule is O=C(Nc1nc(C2CC2)cs1)c1cn(Cc2ccccc2)nn1. The van der Waals surface area contributed by atoms with Gasteiger partial charge < -0.3 is 0 Å². The van der Waals surface area contributed by atoms with Crippen LogP contribution >= 0.6 is 11.3 Å². The Hall–Kier alpha value is -2.54. The van der Waals surface area contributed by atoms with Crippen molar-refractivity contribution in [3.8, 4) is 0 Å². The summed E-state index contributed by atoms with van der Waals surface area (Å²) >= 11 is 1.45. The molecule has 1 N–H and O–H groups in total. The van der Waals surface area contributed by atoms with Gasteiger partial charge in [-0.15, -0.1) is 16.4 Å². The zero-order chi connectivity index (χ0) is 15.6. The molecule has 2 heterocycles. The number of amides is 1. The molecule has 0 unspecified atom stereocenters. The number of aromatic nitrogens is 4. The van der Waals surface area contributed by atoms with E-state index in [4.69, 9.17) is 0 Å². The smallest absolute Gasteiger partial charge is 0.279 e. The van der Waals surface area contributed by atoms with Crippen LogP contribution in [-0.2, 0) is 6.54 Å². The van der Waals surface area contributed by atoms with Crippen molar-refractivity contribution in [3.63, 3.8) is 0 Å². The Balaban J connectivity index is 1.42. The van der Waals surface area contributed by atoms with E-state index in [0.717, 1.165) is 11.3 Å². The average Bonchev–Trinajstić information content (AvgIpc) is 3.13. The normalized spacial score (nSPS) is 13.9. The molecule has 0 radical (unpaired) electrons. The monoisotopic (exact) mass is 325 g/mol. The number of rotatable bonds is 5. The van der Waals surface area contributed by atoms with Gasteiger partial charge >= 0.3 is 0 Å². The van der Waals surface area contributed by atoms with Crippen LogP contribution in [0.2, 0.25) is 0 Å². The van der Waals surface area contributed by atoms with Crippen molar-refractivity contribution < 1.29 is 4.79 Å². The minimum atomic E-state index is -0.277. The molecule has 0 bridgehead atoms. The summed E-state index contributed by atoms with van der Waals surface area (Å²) in [6.45, 7) is 0.588. The van der Waals surface area contributed by atoms with Crippen molar-refractivity contribution in [2.75, 3.05) is 5.32 Å². The summed E-state index contributed by atoms with van der Waals surface area (Å²) in [6, 6.07) is 9.93. The van der Waals surface area contributed by atoms with Crippen molar-refractivity contribution >= 4 is 22.4 Å². The van der Waals surface area contributed by atoms with Crippen LogP contribution in [0.1, 0.15) is 40.5 Å². The summed E-state index contributed by atoms with van der Waals surface area (Å²) in [6.07, 6.45) is 4.05. The van der Waals surface area contributed by atoms with Gasteiger partial charge in [0.2, 0.25) is 0 Å². The van der Waals surface area contributed by atoms with Gasteiger partial charge in [-0.25, -0.2) is 9.67 Å². The molecule has 0 aliphatic heterocycles. The topological polar surface area (TPSA) is 72.7 Å². The third-order valence-corrected chi connectivity index (χ3v) is 4.47. The maximum atomic E-state index is 12.2. The van der Waals surface area contributed by atoms with E-state index in [1.54, 1.807) is 10.9 Å². The van der Waals surface area contributed by atoms with Crippen LogP contribution in [0.15, 0.2) is 41.9 Å². The van der Waals surface area contributed by atoms with E-state index >= 15 is 0 Å². The Bertz CT molecular complexity index is 822. The molecule has 1 aliphatic rings. The van der Waals surface area contributed by atoms with Crippen LogP contribution in [0, 0.1) is 0 Å². The summed E-state index contributed by atoms with van der Waals surface area (Å²) < 4.78 is 1.65. The predicted octanol–water partition coefficient (Wildman–Crippen LogP) is 2.91. The van der Waals surface area contributed by atoms with Crippen LogP contribution in [-0.4, -0.2) is 25.9 Å².